The van der Waals surface area contributed by atoms with Crippen LogP contribution in [0.1, 0.15) is 297 Å². The molecule has 0 spiro atoms. The van der Waals surface area contributed by atoms with Crippen molar-refractivity contribution in [3.8, 4) is 0 Å². The first-order chi connectivity index (χ1) is 47.4. The minimum Gasteiger partial charge on any atom is -0.477 e. The van der Waals surface area contributed by atoms with E-state index in [0.717, 1.165) is 51.9 Å². The van der Waals surface area contributed by atoms with Crippen LogP contribution in [-0.4, -0.2) is 215 Å². The van der Waals surface area contributed by atoms with Crippen molar-refractivity contribution in [3.63, 3.8) is 0 Å². The number of carboxylic acids is 1. The molecule has 18 atom stereocenters. The molecule has 0 radical (unpaired) electrons. The van der Waals surface area contributed by atoms with Gasteiger partial charge in [-0.25, -0.2) is 4.79 Å². The predicted molar refractivity (Wildman–Crippen MR) is 375 cm³/mol. The SMILES string of the molecule is CCCCCCCCCCCCCC/C=C\CCCCCCCCCCCCCCCC(=O)NC(COC1OC(CO)C(OC2OC(CO)C(O)C(OC3(C(=O)O)CC(O)C(NC(C)=O)C(C(O)C(O)CO)O3)C2O)C(O)C1O)C(O)/C=C/CCCCCCCCCCCCCCC. The number of aliphatic hydroxyl groups excluding tert-OH is 11. The molecular formula is C75H138N2O21. The molecule has 0 bridgehead atoms. The largest absolute Gasteiger partial charge is 0.477 e. The van der Waals surface area contributed by atoms with Crippen molar-refractivity contribution in [2.45, 2.75) is 407 Å². The van der Waals surface area contributed by atoms with Gasteiger partial charge in [0.25, 0.3) is 5.79 Å². The number of hydrogen-bond acceptors (Lipinski definition) is 20. The summed E-state index contributed by atoms with van der Waals surface area (Å²) in [6.45, 7) is 2.16. The molecule has 18 unspecified atom stereocenters. The van der Waals surface area contributed by atoms with Gasteiger partial charge in [0, 0.05) is 19.8 Å². The highest BCUT2D eigenvalue weighted by Gasteiger charge is 2.60. The zero-order chi connectivity index (χ0) is 71.8. The molecule has 3 rings (SSSR count). The molecule has 3 aliphatic heterocycles. The minimum atomic E-state index is -3.08. The maximum atomic E-state index is 13.5. The lowest BCUT2D eigenvalue weighted by Crippen LogP contribution is -2.70. The Labute approximate surface area is 587 Å². The summed E-state index contributed by atoms with van der Waals surface area (Å²) >= 11 is 0. The number of carboxylic acid groups (broad SMARTS) is 1. The fourth-order valence-electron chi connectivity index (χ4n) is 13.5. The molecule has 0 aromatic rings. The Bertz CT molecular complexity index is 2060. The van der Waals surface area contributed by atoms with E-state index in [2.05, 4.69) is 36.6 Å². The molecule has 3 fully saturated rings. The number of hydrogen-bond donors (Lipinski definition) is 14. The standard InChI is InChI=1S/C75H138N2O21/c1-4-6-8-10-12-14-16-18-20-21-22-23-24-25-26-27-28-29-30-31-32-33-35-37-39-41-43-45-47-49-62(85)77-56(57(82)48-46-44-42-40-38-36-34-19-17-15-13-11-9-7-5-2)54-93-72-67(89)66(88)69(61(53-80)95-72)96-73-68(90)71(65(87)60(52-79)94-73)98-75(74(91)92)50-58(83)63(76-55(3)81)70(97-75)64(86)59(84)51-78/h25-26,46,48,56-61,63-73,78-80,82-84,86-90H,4-24,27-45,47,49-54H2,1-3H3,(H,76,81)(H,77,85)(H,91,92)/b26-25-,48-46+. The van der Waals surface area contributed by atoms with Crippen LogP contribution in [0.3, 0.4) is 0 Å². The van der Waals surface area contributed by atoms with Gasteiger partial charge in [0.15, 0.2) is 12.6 Å². The molecule has 23 heteroatoms. The fraction of sp³-hybridized carbons (Fsp3) is 0.907. The maximum Gasteiger partial charge on any atom is 0.364 e. The van der Waals surface area contributed by atoms with Gasteiger partial charge >= 0.3 is 5.97 Å². The van der Waals surface area contributed by atoms with Crippen LogP contribution in [0.15, 0.2) is 24.3 Å². The number of aliphatic hydroxyl groups is 11. The lowest BCUT2D eigenvalue weighted by atomic mass is 9.88. The van der Waals surface area contributed by atoms with Crippen LogP contribution in [0, 0.1) is 0 Å². The highest BCUT2D eigenvalue weighted by Crippen LogP contribution is 2.39. The number of nitrogens with one attached hydrogen (secondary N) is 2. The summed E-state index contributed by atoms with van der Waals surface area (Å²) in [5, 5.41) is 136. The van der Waals surface area contributed by atoms with E-state index in [1.54, 1.807) is 6.08 Å². The van der Waals surface area contributed by atoms with E-state index in [9.17, 15) is 75.7 Å². The number of aliphatic carboxylic acids is 1. The molecule has 0 aromatic carbocycles. The van der Waals surface area contributed by atoms with Crippen molar-refractivity contribution in [2.24, 2.45) is 0 Å². The van der Waals surface area contributed by atoms with Crippen molar-refractivity contribution in [1.82, 2.24) is 10.6 Å². The van der Waals surface area contributed by atoms with Gasteiger partial charge in [-0.05, 0) is 44.9 Å². The van der Waals surface area contributed by atoms with E-state index in [0.29, 0.717) is 12.8 Å². The summed E-state index contributed by atoms with van der Waals surface area (Å²) in [7, 11) is 0. The Morgan fingerprint density at radius 3 is 1.39 bits per heavy atom. The van der Waals surface area contributed by atoms with Crippen LogP contribution >= 0.6 is 0 Å². The molecule has 0 aromatic heterocycles. The van der Waals surface area contributed by atoms with Crippen LogP contribution in [0.25, 0.3) is 0 Å². The van der Waals surface area contributed by atoms with Gasteiger partial charge in [-0.1, -0.05) is 256 Å². The van der Waals surface area contributed by atoms with Crippen LogP contribution < -0.4 is 10.6 Å². The van der Waals surface area contributed by atoms with Crippen molar-refractivity contribution in [2.75, 3.05) is 26.4 Å². The summed E-state index contributed by atoms with van der Waals surface area (Å²) in [4.78, 5) is 38.6. The lowest BCUT2D eigenvalue weighted by molar-refractivity contribution is -0.386. The van der Waals surface area contributed by atoms with Gasteiger partial charge in [0.2, 0.25) is 11.8 Å². The van der Waals surface area contributed by atoms with Gasteiger partial charge in [0.05, 0.1) is 50.7 Å². The second-order valence-electron chi connectivity index (χ2n) is 28.2. The van der Waals surface area contributed by atoms with Crippen molar-refractivity contribution < 1.29 is 104 Å². The van der Waals surface area contributed by atoms with Gasteiger partial charge in [-0.15, -0.1) is 0 Å². The van der Waals surface area contributed by atoms with E-state index < -0.39 is 155 Å². The molecule has 0 aliphatic carbocycles. The van der Waals surface area contributed by atoms with Crippen molar-refractivity contribution in [3.05, 3.63) is 24.3 Å². The van der Waals surface area contributed by atoms with Gasteiger partial charge in [-0.3, -0.25) is 9.59 Å². The number of allylic oxidation sites excluding steroid dienone is 3. The topological polar surface area (TPSA) is 373 Å². The van der Waals surface area contributed by atoms with Crippen molar-refractivity contribution in [1.29, 1.82) is 0 Å². The van der Waals surface area contributed by atoms with Gasteiger partial charge in [-0.2, -0.15) is 0 Å². The molecule has 14 N–H and O–H groups in total. The van der Waals surface area contributed by atoms with Gasteiger partial charge in [0.1, 0.15) is 67.1 Å². The molecule has 3 heterocycles. The molecule has 3 saturated heterocycles. The summed E-state index contributed by atoms with van der Waals surface area (Å²) in [5.74, 6) is -6.14. The number of ether oxygens (including phenoxy) is 6. The summed E-state index contributed by atoms with van der Waals surface area (Å²) in [6.07, 6.45) is 29.4. The average Bonchev–Trinajstić information content (AvgIpc) is 0.756. The molecular weight excluding hydrogens is 1260 g/mol. The summed E-state index contributed by atoms with van der Waals surface area (Å²) in [5.41, 5.74) is 0. The summed E-state index contributed by atoms with van der Waals surface area (Å²) in [6, 6.07) is -2.62. The number of carbonyl (C=O) groups excluding carboxylic acids is 2. The third kappa shape index (κ3) is 35.6. The maximum absolute atomic E-state index is 13.5. The highest BCUT2D eigenvalue weighted by molar-refractivity contribution is 5.77. The first-order valence-electron chi connectivity index (χ1n) is 38.7. The molecule has 0 saturated carbocycles. The molecule has 23 nitrogen and oxygen atoms in total. The Morgan fingerprint density at radius 2 is 0.959 bits per heavy atom. The van der Waals surface area contributed by atoms with E-state index in [1.165, 1.54) is 205 Å². The number of unbranched alkanes of at least 4 members (excludes halogenated alkanes) is 38. The van der Waals surface area contributed by atoms with E-state index in [4.69, 9.17) is 28.4 Å². The first kappa shape index (κ1) is 89.4. The highest BCUT2D eigenvalue weighted by atomic mass is 16.8. The van der Waals surface area contributed by atoms with E-state index in [1.807, 2.05) is 6.08 Å². The summed E-state index contributed by atoms with van der Waals surface area (Å²) < 4.78 is 34.8. The normalized spacial score (nSPS) is 27.3. The molecule has 574 valence electrons. The monoisotopic (exact) mass is 1400 g/mol. The zero-order valence-corrected chi connectivity index (χ0v) is 60.4. The Hall–Kier alpha value is -2.79. The molecule has 2 amide bonds. The number of amides is 2. The smallest absolute Gasteiger partial charge is 0.364 e. The van der Waals surface area contributed by atoms with Crippen molar-refractivity contribution >= 4 is 17.8 Å². The molecule has 3 aliphatic rings. The fourth-order valence-corrected chi connectivity index (χ4v) is 13.5. The third-order valence-corrected chi connectivity index (χ3v) is 19.6. The molecule has 98 heavy (non-hydrogen) atoms. The zero-order valence-electron chi connectivity index (χ0n) is 60.4. The number of carbonyl (C=O) groups is 3. The minimum absolute atomic E-state index is 0.202. The first-order valence-corrected chi connectivity index (χ1v) is 38.7. The third-order valence-electron chi connectivity index (χ3n) is 19.6. The van der Waals surface area contributed by atoms with Crippen LogP contribution in [0.4, 0.5) is 0 Å². The lowest BCUT2D eigenvalue weighted by Gasteiger charge is -2.50. The van der Waals surface area contributed by atoms with Gasteiger partial charge < -0.3 is 100 Å². The Balaban J connectivity index is 1.50. The van der Waals surface area contributed by atoms with E-state index in [-0.39, 0.29) is 12.3 Å². The average molecular weight is 1400 g/mol. The second-order valence-corrected chi connectivity index (χ2v) is 28.2. The Morgan fingerprint density at radius 1 is 0.531 bits per heavy atom. The van der Waals surface area contributed by atoms with Crippen LogP contribution in [-0.2, 0) is 42.8 Å². The quantitative estimate of drug-likeness (QED) is 0.0199. The van der Waals surface area contributed by atoms with Crippen LogP contribution in [0.2, 0.25) is 0 Å². The predicted octanol–water partition coefficient (Wildman–Crippen LogP) is 9.18. The van der Waals surface area contributed by atoms with E-state index >= 15 is 0 Å². The van der Waals surface area contributed by atoms with Crippen LogP contribution in [0.5, 0.6) is 0 Å². The second kappa shape index (κ2) is 54.8. The Kier molecular flexibility index (Phi) is 50.0. The number of rotatable bonds is 60.